The van der Waals surface area contributed by atoms with Crippen molar-refractivity contribution in [3.05, 3.63) is 47.5 Å². The van der Waals surface area contributed by atoms with Crippen LogP contribution in [0, 0.1) is 6.92 Å². The SMILES string of the molecule is Cc1nnc(CNC(=NCc2ccccc2)N2CCC(N3CCCC3)C2)n1C. The zero-order valence-electron chi connectivity index (χ0n) is 17.0. The number of likely N-dealkylation sites (tertiary alicyclic amines) is 2. The molecule has 4 rings (SSSR count). The lowest BCUT2D eigenvalue weighted by Gasteiger charge is -2.25. The van der Waals surface area contributed by atoms with Crippen LogP contribution in [0.3, 0.4) is 0 Å². The highest BCUT2D eigenvalue weighted by molar-refractivity contribution is 5.80. The molecule has 0 amide bonds. The van der Waals surface area contributed by atoms with Crippen LogP contribution < -0.4 is 5.32 Å². The summed E-state index contributed by atoms with van der Waals surface area (Å²) in [7, 11) is 2.01. The molecule has 1 N–H and O–H groups in total. The number of aryl methyl sites for hydroxylation is 1. The second-order valence-electron chi connectivity index (χ2n) is 7.83. The van der Waals surface area contributed by atoms with E-state index in [1.54, 1.807) is 0 Å². The number of guanidine groups is 1. The maximum absolute atomic E-state index is 4.94. The van der Waals surface area contributed by atoms with E-state index in [1.807, 2.05) is 24.6 Å². The number of rotatable bonds is 5. The van der Waals surface area contributed by atoms with Gasteiger partial charge in [-0.3, -0.25) is 4.90 Å². The summed E-state index contributed by atoms with van der Waals surface area (Å²) in [6.07, 6.45) is 3.90. The fourth-order valence-corrected chi connectivity index (χ4v) is 4.12. The quantitative estimate of drug-likeness (QED) is 0.634. The Kier molecular flexibility index (Phi) is 5.90. The predicted octanol–water partition coefficient (Wildman–Crippen LogP) is 1.94. The van der Waals surface area contributed by atoms with Gasteiger partial charge in [0.2, 0.25) is 0 Å². The molecule has 0 aliphatic carbocycles. The lowest BCUT2D eigenvalue weighted by Crippen LogP contribution is -2.42. The van der Waals surface area contributed by atoms with Crippen LogP contribution in [0.5, 0.6) is 0 Å². The summed E-state index contributed by atoms with van der Waals surface area (Å²) in [6, 6.07) is 11.1. The monoisotopic (exact) mass is 381 g/mol. The summed E-state index contributed by atoms with van der Waals surface area (Å²) in [5.41, 5.74) is 1.23. The molecule has 7 heteroatoms. The van der Waals surface area contributed by atoms with Crippen LogP contribution in [0.1, 0.15) is 36.5 Å². The maximum Gasteiger partial charge on any atom is 0.194 e. The third-order valence-corrected chi connectivity index (χ3v) is 5.96. The van der Waals surface area contributed by atoms with Crippen molar-refractivity contribution in [1.29, 1.82) is 0 Å². The van der Waals surface area contributed by atoms with E-state index < -0.39 is 0 Å². The van der Waals surface area contributed by atoms with Crippen molar-refractivity contribution in [2.45, 2.75) is 45.3 Å². The highest BCUT2D eigenvalue weighted by atomic mass is 15.4. The van der Waals surface area contributed by atoms with Gasteiger partial charge in [0.1, 0.15) is 5.82 Å². The molecular formula is C21H31N7. The first-order valence-electron chi connectivity index (χ1n) is 10.4. The van der Waals surface area contributed by atoms with Crippen molar-refractivity contribution in [2.75, 3.05) is 26.2 Å². The van der Waals surface area contributed by atoms with Crippen molar-refractivity contribution in [3.8, 4) is 0 Å². The molecule has 2 aliphatic rings. The van der Waals surface area contributed by atoms with Crippen molar-refractivity contribution >= 4 is 5.96 Å². The maximum atomic E-state index is 4.94. The first-order valence-corrected chi connectivity index (χ1v) is 10.4. The second-order valence-corrected chi connectivity index (χ2v) is 7.83. The van der Waals surface area contributed by atoms with Gasteiger partial charge in [-0.1, -0.05) is 30.3 Å². The summed E-state index contributed by atoms with van der Waals surface area (Å²) in [5, 5.41) is 12.0. The van der Waals surface area contributed by atoms with E-state index in [4.69, 9.17) is 4.99 Å². The standard InChI is InChI=1S/C21H31N7/c1-17-24-25-20(26(17)2)15-23-21(22-14-18-8-4-3-5-9-18)28-13-10-19(16-28)27-11-6-7-12-27/h3-5,8-9,19H,6-7,10-16H2,1-2H3,(H,22,23). The van der Waals surface area contributed by atoms with Crippen LogP contribution in [0.15, 0.2) is 35.3 Å². The summed E-state index contributed by atoms with van der Waals surface area (Å²) in [5.74, 6) is 2.83. The highest BCUT2D eigenvalue weighted by Gasteiger charge is 2.30. The van der Waals surface area contributed by atoms with Crippen LogP contribution in [0.4, 0.5) is 0 Å². The van der Waals surface area contributed by atoms with E-state index in [0.29, 0.717) is 19.1 Å². The van der Waals surface area contributed by atoms with E-state index in [-0.39, 0.29) is 0 Å². The summed E-state index contributed by atoms with van der Waals surface area (Å²) < 4.78 is 2.03. The topological polar surface area (TPSA) is 61.6 Å². The number of hydrogen-bond donors (Lipinski definition) is 1. The molecule has 2 fully saturated rings. The second kappa shape index (κ2) is 8.73. The lowest BCUT2D eigenvalue weighted by molar-refractivity contribution is 0.249. The number of hydrogen-bond acceptors (Lipinski definition) is 4. The van der Waals surface area contributed by atoms with Crippen molar-refractivity contribution in [3.63, 3.8) is 0 Å². The van der Waals surface area contributed by atoms with E-state index in [0.717, 1.165) is 30.7 Å². The van der Waals surface area contributed by atoms with Gasteiger partial charge in [0.05, 0.1) is 13.1 Å². The van der Waals surface area contributed by atoms with Crippen LogP contribution in [-0.4, -0.2) is 62.7 Å². The van der Waals surface area contributed by atoms with Crippen molar-refractivity contribution in [2.24, 2.45) is 12.0 Å². The number of benzene rings is 1. The molecule has 0 radical (unpaired) electrons. The smallest absolute Gasteiger partial charge is 0.194 e. The van der Waals surface area contributed by atoms with Gasteiger partial charge < -0.3 is 14.8 Å². The van der Waals surface area contributed by atoms with Gasteiger partial charge in [-0.05, 0) is 44.8 Å². The molecule has 2 aliphatic heterocycles. The van der Waals surface area contributed by atoms with E-state index in [9.17, 15) is 0 Å². The molecule has 1 atom stereocenters. The Morgan fingerprint density at radius 2 is 1.93 bits per heavy atom. The predicted molar refractivity (Wildman–Crippen MR) is 111 cm³/mol. The number of nitrogens with zero attached hydrogens (tertiary/aromatic N) is 6. The normalized spacial score (nSPS) is 20.9. The molecule has 7 nitrogen and oxygen atoms in total. The fraction of sp³-hybridized carbons (Fsp3) is 0.571. The van der Waals surface area contributed by atoms with Gasteiger partial charge in [-0.15, -0.1) is 10.2 Å². The van der Waals surface area contributed by atoms with Crippen LogP contribution in [0.25, 0.3) is 0 Å². The summed E-state index contributed by atoms with van der Waals surface area (Å²) in [4.78, 5) is 10.0. The number of aromatic nitrogens is 3. The average molecular weight is 382 g/mol. The largest absolute Gasteiger partial charge is 0.349 e. The van der Waals surface area contributed by atoms with Gasteiger partial charge in [0, 0.05) is 26.2 Å². The molecule has 0 saturated carbocycles. The number of nitrogens with one attached hydrogen (secondary N) is 1. The summed E-state index contributed by atoms with van der Waals surface area (Å²) >= 11 is 0. The molecule has 28 heavy (non-hydrogen) atoms. The Bertz CT molecular complexity index is 792. The highest BCUT2D eigenvalue weighted by Crippen LogP contribution is 2.20. The first kappa shape index (κ1) is 18.9. The van der Waals surface area contributed by atoms with Gasteiger partial charge in [0.15, 0.2) is 11.8 Å². The van der Waals surface area contributed by atoms with E-state index in [1.165, 1.54) is 37.9 Å². The van der Waals surface area contributed by atoms with E-state index in [2.05, 4.69) is 49.6 Å². The van der Waals surface area contributed by atoms with Gasteiger partial charge in [-0.2, -0.15) is 0 Å². The Morgan fingerprint density at radius 3 is 2.64 bits per heavy atom. The number of aliphatic imine (C=N–C) groups is 1. The molecule has 2 saturated heterocycles. The molecule has 0 spiro atoms. The minimum absolute atomic E-state index is 0.635. The molecule has 1 aromatic heterocycles. The minimum Gasteiger partial charge on any atom is -0.349 e. The first-order chi connectivity index (χ1) is 13.7. The fourth-order valence-electron chi connectivity index (χ4n) is 4.12. The minimum atomic E-state index is 0.635. The van der Waals surface area contributed by atoms with Crippen molar-refractivity contribution < 1.29 is 0 Å². The van der Waals surface area contributed by atoms with Gasteiger partial charge >= 0.3 is 0 Å². The Hall–Kier alpha value is -2.41. The van der Waals surface area contributed by atoms with E-state index >= 15 is 0 Å². The van der Waals surface area contributed by atoms with Crippen LogP contribution in [0.2, 0.25) is 0 Å². The molecule has 0 bridgehead atoms. The Morgan fingerprint density at radius 1 is 1.14 bits per heavy atom. The third-order valence-electron chi connectivity index (χ3n) is 5.96. The Labute approximate surface area is 167 Å². The van der Waals surface area contributed by atoms with Crippen LogP contribution in [-0.2, 0) is 20.1 Å². The van der Waals surface area contributed by atoms with Gasteiger partial charge in [0.25, 0.3) is 0 Å². The zero-order valence-corrected chi connectivity index (χ0v) is 17.0. The van der Waals surface area contributed by atoms with Gasteiger partial charge in [-0.25, -0.2) is 4.99 Å². The third kappa shape index (κ3) is 4.35. The molecule has 150 valence electrons. The molecule has 2 aromatic rings. The average Bonchev–Trinajstić information content (AvgIpc) is 3.46. The molecular weight excluding hydrogens is 350 g/mol. The molecule has 1 aromatic carbocycles. The lowest BCUT2D eigenvalue weighted by atomic mass is 10.2. The van der Waals surface area contributed by atoms with Crippen molar-refractivity contribution in [1.82, 2.24) is 29.9 Å². The molecule has 1 unspecified atom stereocenters. The zero-order chi connectivity index (χ0) is 19.3. The van der Waals surface area contributed by atoms with Crippen LogP contribution >= 0.6 is 0 Å². The molecule has 3 heterocycles. The summed E-state index contributed by atoms with van der Waals surface area (Å²) in [6.45, 7) is 7.91. The Balaban J connectivity index is 1.45.